The number of nitrogens with zero attached hydrogens (tertiary/aromatic N) is 2. The molecule has 0 aliphatic carbocycles. The van der Waals surface area contributed by atoms with Crippen LogP contribution in [0.15, 0.2) is 6.20 Å². The van der Waals surface area contributed by atoms with Gasteiger partial charge in [0, 0.05) is 19.6 Å². The minimum Gasteiger partial charge on any atom is -0.476 e. The lowest BCUT2D eigenvalue weighted by molar-refractivity contribution is 0.130. The second kappa shape index (κ2) is 5.91. The molecular weight excluding hydrogens is 176 g/mol. The Morgan fingerprint density at radius 1 is 1.50 bits per heavy atom. The van der Waals surface area contributed by atoms with Crippen LogP contribution in [0, 0.1) is 0 Å². The van der Waals surface area contributed by atoms with Crippen LogP contribution in [0.3, 0.4) is 0 Å². The van der Waals surface area contributed by atoms with Gasteiger partial charge in [0.2, 0.25) is 5.88 Å². The molecule has 0 amide bonds. The van der Waals surface area contributed by atoms with Gasteiger partial charge in [-0.15, -0.1) is 4.37 Å². The van der Waals surface area contributed by atoms with Crippen LogP contribution in [-0.2, 0) is 4.74 Å². The largest absolute Gasteiger partial charge is 0.476 e. The molecule has 1 aromatic heterocycles. The van der Waals surface area contributed by atoms with E-state index in [9.17, 15) is 0 Å². The predicted octanol–water partition coefficient (Wildman–Crippen LogP) is 1.34. The van der Waals surface area contributed by atoms with Crippen molar-refractivity contribution in [3.8, 4) is 5.88 Å². The maximum atomic E-state index is 5.25. The van der Waals surface area contributed by atoms with Crippen molar-refractivity contribution in [2.24, 2.45) is 0 Å². The van der Waals surface area contributed by atoms with E-state index >= 15 is 0 Å². The van der Waals surface area contributed by atoms with Crippen molar-refractivity contribution >= 4 is 11.7 Å². The Balaban J connectivity index is 1.96. The quantitative estimate of drug-likeness (QED) is 0.632. The Kier molecular flexibility index (Phi) is 4.63. The molecule has 0 atom stereocenters. The van der Waals surface area contributed by atoms with E-state index in [0.717, 1.165) is 31.4 Å². The third-order valence-electron chi connectivity index (χ3n) is 1.23. The first-order valence-corrected chi connectivity index (χ1v) is 4.64. The summed E-state index contributed by atoms with van der Waals surface area (Å²) in [6.45, 7) is 4.13. The molecule has 0 bridgehead atoms. The lowest BCUT2D eigenvalue weighted by Gasteiger charge is -2.01. The standard InChI is InChI=1S/C7H12N2O2S/c1-2-10-4-3-5-11-7-6-8-12-9-7/h6H,2-5H2,1H3. The second-order valence-corrected chi connectivity index (χ2v) is 2.70. The van der Waals surface area contributed by atoms with E-state index in [2.05, 4.69) is 8.75 Å². The summed E-state index contributed by atoms with van der Waals surface area (Å²) < 4.78 is 18.1. The van der Waals surface area contributed by atoms with Crippen LogP contribution in [0.1, 0.15) is 13.3 Å². The number of hydrogen-bond donors (Lipinski definition) is 0. The molecule has 0 N–H and O–H groups in total. The second-order valence-electron chi connectivity index (χ2n) is 2.14. The van der Waals surface area contributed by atoms with Gasteiger partial charge in [-0.05, 0) is 6.92 Å². The van der Waals surface area contributed by atoms with Crippen LogP contribution in [0.25, 0.3) is 0 Å². The molecule has 0 aliphatic heterocycles. The zero-order valence-electron chi connectivity index (χ0n) is 7.02. The highest BCUT2D eigenvalue weighted by molar-refractivity contribution is 6.99. The number of rotatable bonds is 6. The first-order valence-electron chi connectivity index (χ1n) is 3.91. The number of aromatic nitrogens is 2. The fourth-order valence-corrected chi connectivity index (χ4v) is 1.07. The van der Waals surface area contributed by atoms with Crippen molar-refractivity contribution in [2.75, 3.05) is 19.8 Å². The van der Waals surface area contributed by atoms with Crippen molar-refractivity contribution in [3.63, 3.8) is 0 Å². The molecule has 1 rings (SSSR count). The lowest BCUT2D eigenvalue weighted by atomic mass is 10.5. The van der Waals surface area contributed by atoms with Gasteiger partial charge in [0.1, 0.15) is 6.20 Å². The molecule has 0 unspecified atom stereocenters. The van der Waals surface area contributed by atoms with E-state index in [1.807, 2.05) is 6.92 Å². The highest BCUT2D eigenvalue weighted by Crippen LogP contribution is 2.04. The monoisotopic (exact) mass is 188 g/mol. The Morgan fingerprint density at radius 2 is 2.42 bits per heavy atom. The summed E-state index contributed by atoms with van der Waals surface area (Å²) in [5.41, 5.74) is 0. The van der Waals surface area contributed by atoms with Gasteiger partial charge < -0.3 is 9.47 Å². The molecule has 0 saturated carbocycles. The van der Waals surface area contributed by atoms with Crippen molar-refractivity contribution < 1.29 is 9.47 Å². The van der Waals surface area contributed by atoms with Gasteiger partial charge in [-0.1, -0.05) is 0 Å². The van der Waals surface area contributed by atoms with Crippen molar-refractivity contribution in [3.05, 3.63) is 6.20 Å². The average Bonchev–Trinajstić information content (AvgIpc) is 2.57. The molecule has 1 heterocycles. The molecule has 5 heteroatoms. The molecular formula is C7H12N2O2S. The fraction of sp³-hybridized carbons (Fsp3) is 0.714. The maximum absolute atomic E-state index is 5.25. The van der Waals surface area contributed by atoms with E-state index in [1.54, 1.807) is 6.20 Å². The summed E-state index contributed by atoms with van der Waals surface area (Å²) in [5, 5.41) is 0. The molecule has 0 fully saturated rings. The average molecular weight is 188 g/mol. The van der Waals surface area contributed by atoms with Crippen molar-refractivity contribution in [2.45, 2.75) is 13.3 Å². The first kappa shape index (κ1) is 9.41. The topological polar surface area (TPSA) is 44.2 Å². The molecule has 4 nitrogen and oxygen atoms in total. The van der Waals surface area contributed by atoms with E-state index in [0.29, 0.717) is 12.5 Å². The van der Waals surface area contributed by atoms with Crippen LogP contribution < -0.4 is 4.74 Å². The van der Waals surface area contributed by atoms with Gasteiger partial charge in [0.05, 0.1) is 18.3 Å². The molecule has 0 saturated heterocycles. The lowest BCUT2D eigenvalue weighted by Crippen LogP contribution is -2.02. The summed E-state index contributed by atoms with van der Waals surface area (Å²) in [5.74, 6) is 0.608. The smallest absolute Gasteiger partial charge is 0.245 e. The summed E-state index contributed by atoms with van der Waals surface area (Å²) >= 11 is 1.15. The van der Waals surface area contributed by atoms with E-state index in [1.165, 1.54) is 0 Å². The van der Waals surface area contributed by atoms with Crippen LogP contribution in [-0.4, -0.2) is 28.6 Å². The van der Waals surface area contributed by atoms with Crippen LogP contribution >= 0.6 is 11.7 Å². The molecule has 0 radical (unpaired) electrons. The molecule has 12 heavy (non-hydrogen) atoms. The zero-order chi connectivity index (χ0) is 8.65. The highest BCUT2D eigenvalue weighted by Gasteiger charge is 1.94. The molecule has 0 aromatic carbocycles. The van der Waals surface area contributed by atoms with Gasteiger partial charge >= 0.3 is 0 Å². The van der Waals surface area contributed by atoms with Crippen LogP contribution in [0.5, 0.6) is 5.88 Å². The van der Waals surface area contributed by atoms with E-state index in [4.69, 9.17) is 9.47 Å². The summed E-state index contributed by atoms with van der Waals surface area (Å²) in [6.07, 6.45) is 2.51. The number of hydrogen-bond acceptors (Lipinski definition) is 5. The van der Waals surface area contributed by atoms with Gasteiger partial charge in [-0.3, -0.25) is 0 Å². The highest BCUT2D eigenvalue weighted by atomic mass is 32.1. The number of ether oxygens (including phenoxy) is 2. The van der Waals surface area contributed by atoms with E-state index in [-0.39, 0.29) is 0 Å². The molecule has 1 aromatic rings. The van der Waals surface area contributed by atoms with Crippen LogP contribution in [0.4, 0.5) is 0 Å². The van der Waals surface area contributed by atoms with Gasteiger partial charge in [0.15, 0.2) is 0 Å². The molecule has 68 valence electrons. The van der Waals surface area contributed by atoms with Crippen LogP contribution in [0.2, 0.25) is 0 Å². The Bertz CT molecular complexity index is 191. The molecule has 0 aliphatic rings. The third kappa shape index (κ3) is 3.64. The maximum Gasteiger partial charge on any atom is 0.245 e. The Hall–Kier alpha value is -0.680. The summed E-state index contributed by atoms with van der Waals surface area (Å²) in [6, 6.07) is 0. The Labute approximate surface area is 75.8 Å². The SMILES string of the molecule is CCOCCCOc1cnsn1. The van der Waals surface area contributed by atoms with Crippen molar-refractivity contribution in [1.29, 1.82) is 0 Å². The minimum absolute atomic E-state index is 0.608. The first-order chi connectivity index (χ1) is 5.93. The third-order valence-corrected chi connectivity index (χ3v) is 1.69. The fourth-order valence-electron chi connectivity index (χ4n) is 0.702. The summed E-state index contributed by atoms with van der Waals surface area (Å²) in [7, 11) is 0. The normalized spacial score (nSPS) is 10.1. The zero-order valence-corrected chi connectivity index (χ0v) is 7.84. The summed E-state index contributed by atoms with van der Waals surface area (Å²) in [4.78, 5) is 0. The van der Waals surface area contributed by atoms with Crippen molar-refractivity contribution in [1.82, 2.24) is 8.75 Å². The Morgan fingerprint density at radius 3 is 3.08 bits per heavy atom. The van der Waals surface area contributed by atoms with E-state index < -0.39 is 0 Å². The molecule has 0 spiro atoms. The van der Waals surface area contributed by atoms with Gasteiger partial charge in [-0.25, -0.2) is 0 Å². The van der Waals surface area contributed by atoms with Gasteiger partial charge in [0.25, 0.3) is 0 Å². The minimum atomic E-state index is 0.608. The predicted molar refractivity (Wildman–Crippen MR) is 46.5 cm³/mol. The van der Waals surface area contributed by atoms with Gasteiger partial charge in [-0.2, -0.15) is 4.37 Å².